The average Bonchev–Trinajstić information content (AvgIpc) is 2.71. The monoisotopic (exact) mass is 386 g/mol. The predicted octanol–water partition coefficient (Wildman–Crippen LogP) is 3.87. The molecule has 144 valence electrons. The number of carbonyl (C=O) groups is 2. The number of nitrogens with one attached hydrogen (secondary N) is 1. The largest absolute Gasteiger partial charge is 0.445 e. The number of hydrogen-bond acceptors (Lipinski definition) is 5. The molecule has 0 spiro atoms. The minimum Gasteiger partial charge on any atom is -0.445 e. The van der Waals surface area contributed by atoms with E-state index in [0.29, 0.717) is 18.7 Å². The van der Waals surface area contributed by atoms with Gasteiger partial charge in [-0.05, 0) is 36.9 Å². The summed E-state index contributed by atoms with van der Waals surface area (Å²) < 4.78 is 5.24. The Labute approximate surface area is 164 Å². The van der Waals surface area contributed by atoms with Crippen LogP contribution < -0.4 is 11.1 Å². The Morgan fingerprint density at radius 1 is 0.963 bits per heavy atom. The Morgan fingerprint density at radius 2 is 1.59 bits per heavy atom. The standard InChI is InChI=1S/C21H26N2O3S/c22-14-8-7-13-19(20(24)27-16-18-11-5-2-6-12-18)23-21(25)26-15-17-9-3-1-4-10-17/h1-6,9-12,19H,7-8,13-16,22H2,(H,23,25). The zero-order valence-electron chi connectivity index (χ0n) is 15.3. The second-order valence-electron chi connectivity index (χ2n) is 6.14. The van der Waals surface area contributed by atoms with Crippen LogP contribution in [0.25, 0.3) is 0 Å². The van der Waals surface area contributed by atoms with Gasteiger partial charge in [-0.3, -0.25) is 4.79 Å². The van der Waals surface area contributed by atoms with Crippen LogP contribution in [0.5, 0.6) is 0 Å². The molecule has 5 nitrogen and oxygen atoms in total. The van der Waals surface area contributed by atoms with Crippen molar-refractivity contribution in [2.24, 2.45) is 5.73 Å². The second kappa shape index (κ2) is 12.1. The van der Waals surface area contributed by atoms with Gasteiger partial charge in [0.2, 0.25) is 5.12 Å². The van der Waals surface area contributed by atoms with Crippen molar-refractivity contribution in [1.82, 2.24) is 5.32 Å². The number of hydrogen-bond donors (Lipinski definition) is 2. The van der Waals surface area contributed by atoms with E-state index >= 15 is 0 Å². The van der Waals surface area contributed by atoms with Gasteiger partial charge in [-0.2, -0.15) is 0 Å². The van der Waals surface area contributed by atoms with Gasteiger partial charge < -0.3 is 15.8 Å². The molecule has 0 aliphatic carbocycles. The molecule has 0 bridgehead atoms. The van der Waals surface area contributed by atoms with Crippen LogP contribution in [0.4, 0.5) is 4.79 Å². The molecule has 1 unspecified atom stereocenters. The highest BCUT2D eigenvalue weighted by atomic mass is 32.2. The van der Waals surface area contributed by atoms with Crippen LogP contribution in [0.2, 0.25) is 0 Å². The lowest BCUT2D eigenvalue weighted by molar-refractivity contribution is -0.112. The molecule has 1 atom stereocenters. The third-order valence-corrected chi connectivity index (χ3v) is 5.01. The molecule has 2 aromatic rings. The zero-order valence-corrected chi connectivity index (χ0v) is 16.1. The van der Waals surface area contributed by atoms with E-state index in [1.807, 2.05) is 60.7 Å². The second-order valence-corrected chi connectivity index (χ2v) is 7.12. The molecule has 3 N–H and O–H groups in total. The maximum atomic E-state index is 12.6. The van der Waals surface area contributed by atoms with Gasteiger partial charge in [-0.25, -0.2) is 4.79 Å². The van der Waals surface area contributed by atoms with E-state index in [0.717, 1.165) is 24.0 Å². The van der Waals surface area contributed by atoms with Crippen LogP contribution in [-0.4, -0.2) is 23.8 Å². The van der Waals surface area contributed by atoms with E-state index in [1.54, 1.807) is 0 Å². The molecule has 0 aliphatic heterocycles. The molecular formula is C21H26N2O3S. The van der Waals surface area contributed by atoms with Crippen molar-refractivity contribution >= 4 is 23.0 Å². The molecule has 0 radical (unpaired) electrons. The van der Waals surface area contributed by atoms with Gasteiger partial charge in [0.15, 0.2) is 0 Å². The molecule has 2 aromatic carbocycles. The Bertz CT molecular complexity index is 695. The van der Waals surface area contributed by atoms with Crippen molar-refractivity contribution in [2.75, 3.05) is 6.54 Å². The smallest absolute Gasteiger partial charge is 0.408 e. The first-order valence-electron chi connectivity index (χ1n) is 9.07. The van der Waals surface area contributed by atoms with Crippen LogP contribution in [0.15, 0.2) is 60.7 Å². The van der Waals surface area contributed by atoms with E-state index in [1.165, 1.54) is 11.8 Å². The Morgan fingerprint density at radius 3 is 2.22 bits per heavy atom. The van der Waals surface area contributed by atoms with Gasteiger partial charge in [-0.1, -0.05) is 72.4 Å². The summed E-state index contributed by atoms with van der Waals surface area (Å²) in [5.74, 6) is 0.577. The lowest BCUT2D eigenvalue weighted by atomic mass is 10.1. The van der Waals surface area contributed by atoms with Gasteiger partial charge >= 0.3 is 6.09 Å². The summed E-state index contributed by atoms with van der Waals surface area (Å²) >= 11 is 1.21. The molecule has 27 heavy (non-hydrogen) atoms. The zero-order chi connectivity index (χ0) is 19.3. The molecule has 0 aromatic heterocycles. The minimum atomic E-state index is -0.578. The first kappa shape index (κ1) is 21.0. The van der Waals surface area contributed by atoms with Gasteiger partial charge in [-0.15, -0.1) is 0 Å². The molecule has 6 heteroatoms. The number of unbranched alkanes of at least 4 members (excludes halogenated alkanes) is 1. The molecule has 0 aliphatic rings. The SMILES string of the molecule is NCCCCC(NC(=O)OCc1ccccc1)C(=O)SCc1ccccc1. The molecular weight excluding hydrogens is 360 g/mol. The third kappa shape index (κ3) is 8.28. The van der Waals surface area contributed by atoms with Crippen LogP contribution in [0.1, 0.15) is 30.4 Å². The van der Waals surface area contributed by atoms with Crippen LogP contribution >= 0.6 is 11.8 Å². The van der Waals surface area contributed by atoms with E-state index in [2.05, 4.69) is 5.32 Å². The number of thioether (sulfide) groups is 1. The minimum absolute atomic E-state index is 0.0625. The normalized spacial score (nSPS) is 11.6. The first-order valence-corrected chi connectivity index (χ1v) is 10.1. The van der Waals surface area contributed by atoms with Crippen molar-refractivity contribution in [3.63, 3.8) is 0 Å². The molecule has 0 fully saturated rings. The van der Waals surface area contributed by atoms with E-state index in [-0.39, 0.29) is 11.7 Å². The van der Waals surface area contributed by atoms with Crippen LogP contribution in [0.3, 0.4) is 0 Å². The summed E-state index contributed by atoms with van der Waals surface area (Å²) in [6.45, 7) is 0.740. The molecule has 1 amide bonds. The molecule has 0 heterocycles. The number of benzene rings is 2. The van der Waals surface area contributed by atoms with Crippen LogP contribution in [-0.2, 0) is 21.9 Å². The van der Waals surface area contributed by atoms with E-state index in [9.17, 15) is 9.59 Å². The van der Waals surface area contributed by atoms with Crippen molar-refractivity contribution in [3.8, 4) is 0 Å². The number of ether oxygens (including phenoxy) is 1. The van der Waals surface area contributed by atoms with Gasteiger partial charge in [0.25, 0.3) is 0 Å². The highest BCUT2D eigenvalue weighted by Crippen LogP contribution is 2.17. The summed E-state index contributed by atoms with van der Waals surface area (Å²) in [5, 5.41) is 2.65. The maximum absolute atomic E-state index is 12.6. The first-order chi connectivity index (χ1) is 13.2. The Balaban J connectivity index is 1.85. The van der Waals surface area contributed by atoms with Crippen molar-refractivity contribution in [1.29, 1.82) is 0 Å². The maximum Gasteiger partial charge on any atom is 0.408 e. The van der Waals surface area contributed by atoms with Crippen molar-refractivity contribution < 1.29 is 14.3 Å². The topological polar surface area (TPSA) is 81.4 Å². The molecule has 2 rings (SSSR count). The fraction of sp³-hybridized carbons (Fsp3) is 0.333. The van der Waals surface area contributed by atoms with Gasteiger partial charge in [0.1, 0.15) is 12.6 Å². The van der Waals surface area contributed by atoms with Gasteiger partial charge in [0.05, 0.1) is 0 Å². The average molecular weight is 387 g/mol. The fourth-order valence-electron chi connectivity index (χ4n) is 2.48. The summed E-state index contributed by atoms with van der Waals surface area (Å²) in [6.07, 6.45) is 1.56. The number of nitrogens with two attached hydrogens (primary N) is 1. The third-order valence-electron chi connectivity index (χ3n) is 3.96. The lowest BCUT2D eigenvalue weighted by Crippen LogP contribution is -2.40. The fourth-order valence-corrected chi connectivity index (χ4v) is 3.36. The quantitative estimate of drug-likeness (QED) is 0.606. The number of amides is 1. The molecule has 0 saturated carbocycles. The Kier molecular flexibility index (Phi) is 9.44. The number of carbonyl (C=O) groups excluding carboxylic acids is 2. The lowest BCUT2D eigenvalue weighted by Gasteiger charge is -2.17. The summed E-state index contributed by atoms with van der Waals surface area (Å²) in [6, 6.07) is 18.6. The van der Waals surface area contributed by atoms with Crippen molar-refractivity contribution in [2.45, 2.75) is 37.7 Å². The molecule has 0 saturated heterocycles. The van der Waals surface area contributed by atoms with E-state index < -0.39 is 12.1 Å². The summed E-state index contributed by atoms with van der Waals surface area (Å²) in [7, 11) is 0. The highest BCUT2D eigenvalue weighted by molar-refractivity contribution is 8.13. The van der Waals surface area contributed by atoms with Crippen molar-refractivity contribution in [3.05, 3.63) is 71.8 Å². The van der Waals surface area contributed by atoms with Gasteiger partial charge in [0, 0.05) is 5.75 Å². The summed E-state index contributed by atoms with van der Waals surface area (Å²) in [5.41, 5.74) is 7.51. The number of rotatable bonds is 10. The summed E-state index contributed by atoms with van der Waals surface area (Å²) in [4.78, 5) is 24.7. The predicted molar refractivity (Wildman–Crippen MR) is 109 cm³/mol. The number of alkyl carbamates (subject to hydrolysis) is 1. The van der Waals surface area contributed by atoms with E-state index in [4.69, 9.17) is 10.5 Å². The Hall–Kier alpha value is -2.31. The van der Waals surface area contributed by atoms with Crippen LogP contribution in [0, 0.1) is 0 Å². The highest BCUT2D eigenvalue weighted by Gasteiger charge is 2.21.